The molecule has 1 rings (SSSR count). The van der Waals surface area contributed by atoms with Crippen LogP contribution in [0.2, 0.25) is 5.02 Å². The van der Waals surface area contributed by atoms with E-state index in [4.69, 9.17) is 39.0 Å². The van der Waals surface area contributed by atoms with Crippen LogP contribution in [0.25, 0.3) is 0 Å². The highest BCUT2D eigenvalue weighted by atomic mass is 35.5. The number of thiocarbonyl (C=S) groups is 1. The molecule has 0 heterocycles. The Hall–Kier alpha value is -0.840. The lowest BCUT2D eigenvalue weighted by Crippen LogP contribution is -2.12. The molecule has 94 valence electrons. The number of halogens is 1. The van der Waals surface area contributed by atoms with Crippen molar-refractivity contribution in [2.75, 3.05) is 13.2 Å². The highest BCUT2D eigenvalue weighted by Crippen LogP contribution is 2.25. The second kappa shape index (κ2) is 6.79. The minimum absolute atomic E-state index is 0.200. The van der Waals surface area contributed by atoms with Gasteiger partial charge in [0, 0.05) is 5.56 Å². The summed E-state index contributed by atoms with van der Waals surface area (Å²) in [7, 11) is 0. The van der Waals surface area contributed by atoms with Crippen molar-refractivity contribution in [1.29, 1.82) is 0 Å². The van der Waals surface area contributed by atoms with Crippen LogP contribution in [0.4, 0.5) is 0 Å². The molecule has 0 bridgehead atoms. The van der Waals surface area contributed by atoms with E-state index in [9.17, 15) is 0 Å². The van der Waals surface area contributed by atoms with Crippen LogP contribution in [-0.2, 0) is 4.74 Å². The molecule has 0 aliphatic carbocycles. The van der Waals surface area contributed by atoms with E-state index >= 15 is 0 Å². The molecule has 0 aromatic heterocycles. The van der Waals surface area contributed by atoms with E-state index in [2.05, 4.69) is 0 Å². The lowest BCUT2D eigenvalue weighted by atomic mass is 10.2. The van der Waals surface area contributed by atoms with E-state index in [-0.39, 0.29) is 6.10 Å². The lowest BCUT2D eigenvalue weighted by Gasteiger charge is -2.11. The minimum atomic E-state index is 0.200. The predicted molar refractivity (Wildman–Crippen MR) is 73.9 cm³/mol. The van der Waals surface area contributed by atoms with Gasteiger partial charge in [0.05, 0.1) is 17.7 Å². The molecule has 0 aliphatic rings. The normalized spacial score (nSPS) is 10.6. The molecule has 0 atom stereocenters. The maximum Gasteiger partial charge on any atom is 0.138 e. The van der Waals surface area contributed by atoms with Gasteiger partial charge in [0.25, 0.3) is 0 Å². The zero-order valence-corrected chi connectivity index (χ0v) is 11.5. The summed E-state index contributed by atoms with van der Waals surface area (Å²) in [6.45, 7) is 4.95. The van der Waals surface area contributed by atoms with Gasteiger partial charge in [-0.1, -0.05) is 23.8 Å². The quantitative estimate of drug-likeness (QED) is 0.639. The Morgan fingerprint density at radius 2 is 2.12 bits per heavy atom. The number of hydrogen-bond donors (Lipinski definition) is 1. The van der Waals surface area contributed by atoms with Crippen LogP contribution in [-0.4, -0.2) is 24.3 Å². The number of benzene rings is 1. The molecule has 2 N–H and O–H groups in total. The van der Waals surface area contributed by atoms with Gasteiger partial charge < -0.3 is 15.2 Å². The van der Waals surface area contributed by atoms with E-state index in [0.717, 1.165) is 5.56 Å². The molecule has 17 heavy (non-hydrogen) atoms. The zero-order chi connectivity index (χ0) is 12.8. The fraction of sp³-hybridized carbons (Fsp3) is 0.417. The maximum atomic E-state index is 6.03. The van der Waals surface area contributed by atoms with E-state index in [1.165, 1.54) is 0 Å². The Balaban J connectivity index is 2.52. The first-order chi connectivity index (χ1) is 8.00. The largest absolute Gasteiger partial charge is 0.490 e. The number of rotatable bonds is 6. The third-order valence-corrected chi connectivity index (χ3v) is 2.54. The first-order valence-corrected chi connectivity index (χ1v) is 6.13. The summed E-state index contributed by atoms with van der Waals surface area (Å²) in [6, 6.07) is 5.24. The molecule has 0 spiro atoms. The van der Waals surface area contributed by atoms with Crippen LogP contribution in [0.1, 0.15) is 19.4 Å². The smallest absolute Gasteiger partial charge is 0.138 e. The topological polar surface area (TPSA) is 44.5 Å². The Morgan fingerprint density at radius 1 is 1.41 bits per heavy atom. The Labute approximate surface area is 112 Å². The van der Waals surface area contributed by atoms with Gasteiger partial charge in [0.15, 0.2) is 0 Å². The monoisotopic (exact) mass is 273 g/mol. The van der Waals surface area contributed by atoms with Crippen molar-refractivity contribution in [2.24, 2.45) is 5.73 Å². The van der Waals surface area contributed by atoms with Gasteiger partial charge in [-0.15, -0.1) is 0 Å². The van der Waals surface area contributed by atoms with E-state index < -0.39 is 0 Å². The van der Waals surface area contributed by atoms with Crippen molar-refractivity contribution >= 4 is 28.8 Å². The molecule has 0 amide bonds. The molecule has 0 saturated heterocycles. The maximum absolute atomic E-state index is 6.03. The molecular formula is C12H16ClNO2S. The van der Waals surface area contributed by atoms with Crippen molar-refractivity contribution in [2.45, 2.75) is 20.0 Å². The molecule has 0 aliphatic heterocycles. The van der Waals surface area contributed by atoms with Gasteiger partial charge in [0.1, 0.15) is 17.3 Å². The van der Waals surface area contributed by atoms with Crippen molar-refractivity contribution in [3.63, 3.8) is 0 Å². The molecule has 1 aromatic rings. The molecule has 0 saturated carbocycles. The first kappa shape index (κ1) is 14.2. The Kier molecular flexibility index (Phi) is 5.68. The molecule has 0 fully saturated rings. The fourth-order valence-electron chi connectivity index (χ4n) is 1.21. The fourth-order valence-corrected chi connectivity index (χ4v) is 1.57. The predicted octanol–water partition coefficient (Wildman–Crippen LogP) is 2.78. The first-order valence-electron chi connectivity index (χ1n) is 5.34. The summed E-state index contributed by atoms with van der Waals surface area (Å²) < 4.78 is 10.8. The van der Waals surface area contributed by atoms with Crippen LogP contribution in [0, 0.1) is 0 Å². The van der Waals surface area contributed by atoms with E-state index in [1.54, 1.807) is 18.2 Å². The summed E-state index contributed by atoms with van der Waals surface area (Å²) in [5, 5.41) is 0.500. The molecule has 0 unspecified atom stereocenters. The second-order valence-electron chi connectivity index (χ2n) is 3.78. The summed E-state index contributed by atoms with van der Waals surface area (Å²) in [6.07, 6.45) is 0.200. The van der Waals surface area contributed by atoms with Gasteiger partial charge in [-0.25, -0.2) is 0 Å². The van der Waals surface area contributed by atoms with Crippen molar-refractivity contribution < 1.29 is 9.47 Å². The average Bonchev–Trinajstić information content (AvgIpc) is 2.25. The van der Waals surface area contributed by atoms with Gasteiger partial charge in [-0.05, 0) is 32.0 Å². The van der Waals surface area contributed by atoms with Crippen molar-refractivity contribution in [1.82, 2.24) is 0 Å². The van der Waals surface area contributed by atoms with Crippen LogP contribution >= 0.6 is 23.8 Å². The standard InChI is InChI=1S/C12H16ClNO2S/c1-8(2)15-5-6-16-11-4-3-9(12(14)17)7-10(11)13/h3-4,7-8H,5-6H2,1-2H3,(H2,14,17). The second-order valence-corrected chi connectivity index (χ2v) is 4.62. The SMILES string of the molecule is CC(C)OCCOc1ccc(C(N)=S)cc1Cl. The van der Waals surface area contributed by atoms with Gasteiger partial charge in [-0.3, -0.25) is 0 Å². The third kappa shape index (κ3) is 4.89. The summed E-state index contributed by atoms with van der Waals surface area (Å²) in [4.78, 5) is 0.321. The number of hydrogen-bond acceptors (Lipinski definition) is 3. The Morgan fingerprint density at radius 3 is 2.65 bits per heavy atom. The molecule has 0 radical (unpaired) electrons. The van der Waals surface area contributed by atoms with E-state index in [0.29, 0.717) is 29.0 Å². The van der Waals surface area contributed by atoms with Crippen LogP contribution in [0.3, 0.4) is 0 Å². The van der Waals surface area contributed by atoms with Crippen LogP contribution in [0.15, 0.2) is 18.2 Å². The van der Waals surface area contributed by atoms with Crippen LogP contribution in [0.5, 0.6) is 5.75 Å². The Bertz CT molecular complexity index is 396. The summed E-state index contributed by atoms with van der Waals surface area (Å²) >= 11 is 10.9. The highest BCUT2D eigenvalue weighted by molar-refractivity contribution is 7.80. The molecular weight excluding hydrogens is 258 g/mol. The van der Waals surface area contributed by atoms with Gasteiger partial charge >= 0.3 is 0 Å². The van der Waals surface area contributed by atoms with Gasteiger partial charge in [0.2, 0.25) is 0 Å². The number of ether oxygens (including phenoxy) is 2. The summed E-state index contributed by atoms with van der Waals surface area (Å²) in [5.41, 5.74) is 6.23. The van der Waals surface area contributed by atoms with Crippen molar-refractivity contribution in [3.05, 3.63) is 28.8 Å². The van der Waals surface area contributed by atoms with Gasteiger partial charge in [-0.2, -0.15) is 0 Å². The highest BCUT2D eigenvalue weighted by Gasteiger charge is 2.04. The minimum Gasteiger partial charge on any atom is -0.490 e. The summed E-state index contributed by atoms with van der Waals surface area (Å²) in [5.74, 6) is 0.610. The lowest BCUT2D eigenvalue weighted by molar-refractivity contribution is 0.0553. The number of nitrogens with two attached hydrogens (primary N) is 1. The molecule has 1 aromatic carbocycles. The average molecular weight is 274 g/mol. The van der Waals surface area contributed by atoms with E-state index in [1.807, 2.05) is 13.8 Å². The molecule has 3 nitrogen and oxygen atoms in total. The van der Waals surface area contributed by atoms with Crippen LogP contribution < -0.4 is 10.5 Å². The molecule has 5 heteroatoms. The van der Waals surface area contributed by atoms with Crippen molar-refractivity contribution in [3.8, 4) is 5.75 Å². The third-order valence-electron chi connectivity index (χ3n) is 2.01. The zero-order valence-electron chi connectivity index (χ0n) is 9.90.